The van der Waals surface area contributed by atoms with Crippen LogP contribution in [0, 0.1) is 20.8 Å². The molecule has 138 valence electrons. The van der Waals surface area contributed by atoms with Crippen LogP contribution in [0.25, 0.3) is 0 Å². The summed E-state index contributed by atoms with van der Waals surface area (Å²) >= 11 is 5.97. The molecule has 0 unspecified atom stereocenters. The molecule has 0 aliphatic heterocycles. The van der Waals surface area contributed by atoms with Crippen LogP contribution in [0.1, 0.15) is 29.2 Å². The van der Waals surface area contributed by atoms with Crippen LogP contribution in [0.4, 0.5) is 5.69 Å². The van der Waals surface area contributed by atoms with Crippen molar-refractivity contribution in [3.05, 3.63) is 63.7 Å². The van der Waals surface area contributed by atoms with Gasteiger partial charge in [-0.25, -0.2) is 0 Å². The summed E-state index contributed by atoms with van der Waals surface area (Å²) in [5.41, 5.74) is 4.99. The maximum atomic E-state index is 12.3. The van der Waals surface area contributed by atoms with E-state index in [1.165, 1.54) is 6.92 Å². The average Bonchev–Trinajstić information content (AvgIpc) is 2.53. The Morgan fingerprint density at radius 3 is 2.31 bits per heavy atom. The second-order valence-electron chi connectivity index (χ2n) is 6.58. The van der Waals surface area contributed by atoms with Gasteiger partial charge in [0.05, 0.1) is 5.69 Å². The van der Waals surface area contributed by atoms with Crippen molar-refractivity contribution < 1.29 is 9.59 Å². The number of aryl methyl sites for hydroxylation is 3. The van der Waals surface area contributed by atoms with Crippen molar-refractivity contribution in [1.82, 2.24) is 5.32 Å². The Morgan fingerprint density at radius 2 is 1.73 bits per heavy atom. The van der Waals surface area contributed by atoms with Crippen molar-refractivity contribution in [3.8, 4) is 0 Å². The van der Waals surface area contributed by atoms with Crippen molar-refractivity contribution in [2.45, 2.75) is 34.1 Å². The van der Waals surface area contributed by atoms with Crippen molar-refractivity contribution in [2.24, 2.45) is 0 Å². The molecular formula is C21H25ClN2O2. The maximum Gasteiger partial charge on any atom is 0.240 e. The molecule has 0 atom stereocenters. The third-order valence-corrected chi connectivity index (χ3v) is 4.45. The van der Waals surface area contributed by atoms with E-state index in [2.05, 4.69) is 5.32 Å². The van der Waals surface area contributed by atoms with Gasteiger partial charge in [-0.15, -0.1) is 0 Å². The van der Waals surface area contributed by atoms with Gasteiger partial charge in [0.25, 0.3) is 0 Å². The van der Waals surface area contributed by atoms with Gasteiger partial charge in [0.1, 0.15) is 6.54 Å². The van der Waals surface area contributed by atoms with E-state index in [1.54, 1.807) is 4.90 Å². The summed E-state index contributed by atoms with van der Waals surface area (Å²) in [7, 11) is 0. The molecule has 0 aliphatic carbocycles. The van der Waals surface area contributed by atoms with Crippen LogP contribution in [-0.4, -0.2) is 24.9 Å². The van der Waals surface area contributed by atoms with Gasteiger partial charge in [0.2, 0.25) is 11.8 Å². The van der Waals surface area contributed by atoms with Crippen LogP contribution >= 0.6 is 11.6 Å². The van der Waals surface area contributed by atoms with Crippen molar-refractivity contribution in [2.75, 3.05) is 18.0 Å². The number of benzene rings is 2. The number of anilines is 1. The van der Waals surface area contributed by atoms with E-state index < -0.39 is 0 Å². The lowest BCUT2D eigenvalue weighted by Gasteiger charge is -2.25. The molecule has 1 N–H and O–H groups in total. The van der Waals surface area contributed by atoms with E-state index >= 15 is 0 Å². The SMILES string of the molecule is CC(=O)N(CC(=O)NCCc1cccc(Cl)c1)c1c(C)cc(C)cc1C. The zero-order chi connectivity index (χ0) is 19.3. The Balaban J connectivity index is 2.01. The minimum absolute atomic E-state index is 0.00954. The molecule has 0 bridgehead atoms. The van der Waals surface area contributed by atoms with Gasteiger partial charge in [-0.2, -0.15) is 0 Å². The quantitative estimate of drug-likeness (QED) is 0.833. The van der Waals surface area contributed by atoms with Gasteiger partial charge in [-0.3, -0.25) is 9.59 Å². The van der Waals surface area contributed by atoms with Crippen LogP contribution in [0.5, 0.6) is 0 Å². The third-order valence-electron chi connectivity index (χ3n) is 4.21. The first-order chi connectivity index (χ1) is 12.3. The van der Waals surface area contributed by atoms with Gasteiger partial charge < -0.3 is 10.2 Å². The number of nitrogens with one attached hydrogen (secondary N) is 1. The van der Waals surface area contributed by atoms with E-state index in [0.717, 1.165) is 27.9 Å². The summed E-state index contributed by atoms with van der Waals surface area (Å²) in [6, 6.07) is 11.6. The van der Waals surface area contributed by atoms with Crippen LogP contribution in [0.15, 0.2) is 36.4 Å². The molecule has 4 nitrogen and oxygen atoms in total. The maximum absolute atomic E-state index is 12.3. The molecule has 0 radical (unpaired) electrons. The monoisotopic (exact) mass is 372 g/mol. The van der Waals surface area contributed by atoms with Crippen LogP contribution in [-0.2, 0) is 16.0 Å². The average molecular weight is 373 g/mol. The van der Waals surface area contributed by atoms with Gasteiger partial charge in [0.15, 0.2) is 0 Å². The molecule has 0 saturated heterocycles. The minimum atomic E-state index is -0.179. The van der Waals surface area contributed by atoms with Gasteiger partial charge in [-0.1, -0.05) is 41.4 Å². The Kier molecular flexibility index (Phi) is 6.81. The highest BCUT2D eigenvalue weighted by atomic mass is 35.5. The molecule has 26 heavy (non-hydrogen) atoms. The smallest absolute Gasteiger partial charge is 0.240 e. The van der Waals surface area contributed by atoms with Gasteiger partial charge in [0, 0.05) is 18.5 Å². The molecule has 0 aromatic heterocycles. The van der Waals surface area contributed by atoms with Gasteiger partial charge >= 0.3 is 0 Å². The molecule has 2 aromatic rings. The lowest BCUT2D eigenvalue weighted by atomic mass is 10.0. The van der Waals surface area contributed by atoms with Gasteiger partial charge in [-0.05, 0) is 56.0 Å². The summed E-state index contributed by atoms with van der Waals surface area (Å²) in [5.74, 6) is -0.327. The standard InChI is InChI=1S/C21H25ClN2O2/c1-14-10-15(2)21(16(3)11-14)24(17(4)25)13-20(26)23-9-8-18-6-5-7-19(22)12-18/h5-7,10-12H,8-9,13H2,1-4H3,(H,23,26). The molecule has 5 heteroatoms. The van der Waals surface area contributed by atoms with E-state index in [9.17, 15) is 9.59 Å². The lowest BCUT2D eigenvalue weighted by Crippen LogP contribution is -2.41. The third kappa shape index (κ3) is 5.33. The first kappa shape index (κ1) is 20.0. The second kappa shape index (κ2) is 8.86. The molecule has 0 spiro atoms. The summed E-state index contributed by atoms with van der Waals surface area (Å²) in [6.07, 6.45) is 0.689. The summed E-state index contributed by atoms with van der Waals surface area (Å²) < 4.78 is 0. The Bertz CT molecular complexity index is 794. The molecular weight excluding hydrogens is 348 g/mol. The Labute approximate surface area is 160 Å². The fourth-order valence-electron chi connectivity index (χ4n) is 3.18. The van der Waals surface area contributed by atoms with Crippen molar-refractivity contribution in [1.29, 1.82) is 0 Å². The Hall–Kier alpha value is -2.33. The number of hydrogen-bond acceptors (Lipinski definition) is 2. The van der Waals surface area contributed by atoms with E-state index in [-0.39, 0.29) is 18.4 Å². The minimum Gasteiger partial charge on any atom is -0.354 e. The number of carbonyl (C=O) groups is 2. The summed E-state index contributed by atoms with van der Waals surface area (Å²) in [4.78, 5) is 26.0. The number of carbonyl (C=O) groups excluding carboxylic acids is 2. The Morgan fingerprint density at radius 1 is 1.08 bits per heavy atom. The molecule has 0 fully saturated rings. The van der Waals surface area contributed by atoms with Crippen molar-refractivity contribution in [3.63, 3.8) is 0 Å². The number of rotatable bonds is 6. The number of amides is 2. The molecule has 2 amide bonds. The molecule has 2 aromatic carbocycles. The zero-order valence-corrected chi connectivity index (χ0v) is 16.5. The summed E-state index contributed by atoms with van der Waals surface area (Å²) in [6.45, 7) is 7.93. The largest absolute Gasteiger partial charge is 0.354 e. The molecule has 2 rings (SSSR count). The van der Waals surface area contributed by atoms with Crippen LogP contribution in [0.2, 0.25) is 5.02 Å². The number of halogens is 1. The lowest BCUT2D eigenvalue weighted by molar-refractivity contribution is -0.123. The topological polar surface area (TPSA) is 49.4 Å². The first-order valence-corrected chi connectivity index (χ1v) is 9.03. The first-order valence-electron chi connectivity index (χ1n) is 8.65. The summed E-state index contributed by atoms with van der Waals surface area (Å²) in [5, 5.41) is 3.56. The highest BCUT2D eigenvalue weighted by Gasteiger charge is 2.19. The molecule has 0 heterocycles. The normalized spacial score (nSPS) is 10.5. The predicted octanol–water partition coefficient (Wildman–Crippen LogP) is 3.98. The molecule has 0 aliphatic rings. The van der Waals surface area contributed by atoms with Crippen LogP contribution < -0.4 is 10.2 Å². The van der Waals surface area contributed by atoms with E-state index in [4.69, 9.17) is 11.6 Å². The predicted molar refractivity (Wildman–Crippen MR) is 107 cm³/mol. The highest BCUT2D eigenvalue weighted by Crippen LogP contribution is 2.26. The highest BCUT2D eigenvalue weighted by molar-refractivity contribution is 6.30. The number of hydrogen-bond donors (Lipinski definition) is 1. The second-order valence-corrected chi connectivity index (χ2v) is 7.02. The van der Waals surface area contributed by atoms with Crippen molar-refractivity contribution >= 4 is 29.1 Å². The fraction of sp³-hybridized carbons (Fsp3) is 0.333. The fourth-order valence-corrected chi connectivity index (χ4v) is 3.40. The van der Waals surface area contributed by atoms with Crippen LogP contribution in [0.3, 0.4) is 0 Å². The number of nitrogens with zero attached hydrogens (tertiary/aromatic N) is 1. The molecule has 0 saturated carbocycles. The zero-order valence-electron chi connectivity index (χ0n) is 15.7. The van der Waals surface area contributed by atoms with E-state index in [1.807, 2.05) is 57.2 Å². The van der Waals surface area contributed by atoms with E-state index in [0.29, 0.717) is 18.0 Å².